The van der Waals surface area contributed by atoms with E-state index < -0.39 is 0 Å². The van der Waals surface area contributed by atoms with Crippen molar-refractivity contribution in [2.45, 2.75) is 45.4 Å². The third-order valence-corrected chi connectivity index (χ3v) is 5.80. The molecule has 33 heavy (non-hydrogen) atoms. The van der Waals surface area contributed by atoms with E-state index in [4.69, 9.17) is 4.74 Å². The first-order valence-electron chi connectivity index (χ1n) is 11.3. The van der Waals surface area contributed by atoms with E-state index in [1.54, 1.807) is 24.3 Å². The van der Waals surface area contributed by atoms with E-state index in [1.807, 2.05) is 54.6 Å². The molecule has 3 aromatic rings. The largest absolute Gasteiger partial charge is 0.484 e. The lowest BCUT2D eigenvalue weighted by atomic mass is 9.82. The topological polar surface area (TPSA) is 67.4 Å². The maximum absolute atomic E-state index is 12.3. The van der Waals surface area contributed by atoms with Crippen LogP contribution in [0.15, 0.2) is 78.9 Å². The van der Waals surface area contributed by atoms with Crippen LogP contribution >= 0.6 is 0 Å². The number of nitrogens with one attached hydrogen (secondary N) is 2. The minimum absolute atomic E-state index is 0.0691. The Labute approximate surface area is 196 Å². The van der Waals surface area contributed by atoms with Crippen molar-refractivity contribution in [1.82, 2.24) is 0 Å². The highest BCUT2D eigenvalue weighted by atomic mass is 16.5. The number of amides is 2. The van der Waals surface area contributed by atoms with E-state index in [2.05, 4.69) is 31.4 Å². The van der Waals surface area contributed by atoms with Crippen LogP contribution in [0, 0.1) is 0 Å². The fraction of sp³-hybridized carbons (Fsp3) is 0.286. The third-order valence-electron chi connectivity index (χ3n) is 5.80. The van der Waals surface area contributed by atoms with E-state index in [9.17, 15) is 9.59 Å². The Balaban J connectivity index is 1.47. The predicted octanol–water partition coefficient (Wildman–Crippen LogP) is 5.96. The van der Waals surface area contributed by atoms with Gasteiger partial charge >= 0.3 is 0 Å². The Morgan fingerprint density at radius 2 is 1.45 bits per heavy atom. The summed E-state index contributed by atoms with van der Waals surface area (Å²) in [6, 6.07) is 24.9. The van der Waals surface area contributed by atoms with Gasteiger partial charge in [-0.2, -0.15) is 0 Å². The van der Waals surface area contributed by atoms with E-state index in [0.29, 0.717) is 30.0 Å². The highest BCUT2D eigenvalue weighted by Gasteiger charge is 2.17. The number of carbonyl (C=O) groups excluding carboxylic acids is 2. The molecule has 3 aromatic carbocycles. The number of aryl methyl sites for hydroxylation is 1. The molecule has 3 rings (SSSR count). The molecule has 2 amide bonds. The second-order valence-corrected chi connectivity index (χ2v) is 8.71. The Bertz CT molecular complexity index is 1060. The molecule has 5 heteroatoms. The van der Waals surface area contributed by atoms with Gasteiger partial charge in [-0.1, -0.05) is 69.3 Å². The first kappa shape index (κ1) is 24.1. The Morgan fingerprint density at radius 1 is 0.818 bits per heavy atom. The summed E-state index contributed by atoms with van der Waals surface area (Å²) in [7, 11) is 0. The van der Waals surface area contributed by atoms with Gasteiger partial charge in [0.2, 0.25) is 5.91 Å². The molecule has 0 unspecified atom stereocenters. The zero-order chi connectivity index (χ0) is 23.7. The second kappa shape index (κ2) is 11.3. The third kappa shape index (κ3) is 7.49. The van der Waals surface area contributed by atoms with Crippen LogP contribution in [-0.4, -0.2) is 18.4 Å². The predicted molar refractivity (Wildman–Crippen MR) is 134 cm³/mol. The molecule has 0 bridgehead atoms. The standard InChI is InChI=1S/C28H32N2O3/c1-4-28(2,3)22-14-16-25(17-15-22)33-20-27(32)30-24-12-8-11-23(19-24)29-26(31)18-13-21-9-6-5-7-10-21/h5-12,14-17,19H,4,13,18,20H2,1-3H3,(H,29,31)(H,30,32). The molecule has 0 saturated carbocycles. The molecule has 172 valence electrons. The van der Waals surface area contributed by atoms with Crippen molar-refractivity contribution < 1.29 is 14.3 Å². The maximum Gasteiger partial charge on any atom is 0.262 e. The number of carbonyl (C=O) groups is 2. The molecule has 0 aliphatic carbocycles. The van der Waals surface area contributed by atoms with Crippen LogP contribution in [-0.2, 0) is 21.4 Å². The number of ether oxygens (including phenoxy) is 1. The average molecular weight is 445 g/mol. The highest BCUT2D eigenvalue weighted by molar-refractivity contribution is 5.94. The van der Waals surface area contributed by atoms with Crippen molar-refractivity contribution in [3.63, 3.8) is 0 Å². The molecule has 0 aromatic heterocycles. The van der Waals surface area contributed by atoms with Gasteiger partial charge in [0.15, 0.2) is 6.61 Å². The van der Waals surface area contributed by atoms with Gasteiger partial charge in [0.1, 0.15) is 5.75 Å². The van der Waals surface area contributed by atoms with Gasteiger partial charge in [-0.05, 0) is 59.7 Å². The molecule has 0 radical (unpaired) electrons. The summed E-state index contributed by atoms with van der Waals surface area (Å²) in [6.07, 6.45) is 2.11. The normalized spacial score (nSPS) is 11.0. The van der Waals surface area contributed by atoms with Gasteiger partial charge < -0.3 is 15.4 Å². The van der Waals surface area contributed by atoms with Gasteiger partial charge in [0.25, 0.3) is 5.91 Å². The van der Waals surface area contributed by atoms with E-state index in [0.717, 1.165) is 12.0 Å². The van der Waals surface area contributed by atoms with Crippen LogP contribution in [0.1, 0.15) is 44.7 Å². The van der Waals surface area contributed by atoms with Gasteiger partial charge in [-0.25, -0.2) is 0 Å². The molecule has 0 aliphatic heterocycles. The molecule has 0 spiro atoms. The van der Waals surface area contributed by atoms with Crippen molar-refractivity contribution >= 4 is 23.2 Å². The lowest BCUT2D eigenvalue weighted by Crippen LogP contribution is -2.20. The number of anilines is 2. The van der Waals surface area contributed by atoms with E-state index in [-0.39, 0.29) is 23.8 Å². The van der Waals surface area contributed by atoms with Gasteiger partial charge in [0.05, 0.1) is 0 Å². The first-order chi connectivity index (χ1) is 15.9. The Kier molecular flexibility index (Phi) is 8.25. The highest BCUT2D eigenvalue weighted by Crippen LogP contribution is 2.28. The molecular weight excluding hydrogens is 412 g/mol. The molecule has 0 saturated heterocycles. The summed E-state index contributed by atoms with van der Waals surface area (Å²) in [5, 5.41) is 5.70. The number of hydrogen-bond acceptors (Lipinski definition) is 3. The lowest BCUT2D eigenvalue weighted by Gasteiger charge is -2.23. The summed E-state index contributed by atoms with van der Waals surface area (Å²) in [6.45, 7) is 6.48. The Morgan fingerprint density at radius 3 is 2.09 bits per heavy atom. The molecular formula is C28H32N2O3. The van der Waals surface area contributed by atoms with Crippen LogP contribution in [0.25, 0.3) is 0 Å². The summed E-state index contributed by atoms with van der Waals surface area (Å²) < 4.78 is 5.63. The van der Waals surface area contributed by atoms with Gasteiger partial charge in [-0.3, -0.25) is 9.59 Å². The van der Waals surface area contributed by atoms with E-state index >= 15 is 0 Å². The van der Waals surface area contributed by atoms with Crippen molar-refractivity contribution in [1.29, 1.82) is 0 Å². The Hall–Kier alpha value is -3.60. The quantitative estimate of drug-likeness (QED) is 0.405. The maximum atomic E-state index is 12.3. The summed E-state index contributed by atoms with van der Waals surface area (Å²) in [4.78, 5) is 24.6. The molecule has 5 nitrogen and oxygen atoms in total. The van der Waals surface area contributed by atoms with Crippen molar-refractivity contribution in [3.8, 4) is 5.75 Å². The van der Waals surface area contributed by atoms with Crippen LogP contribution < -0.4 is 15.4 Å². The van der Waals surface area contributed by atoms with Crippen molar-refractivity contribution in [2.24, 2.45) is 0 Å². The number of benzene rings is 3. The van der Waals surface area contributed by atoms with Crippen molar-refractivity contribution in [2.75, 3.05) is 17.2 Å². The lowest BCUT2D eigenvalue weighted by molar-refractivity contribution is -0.118. The SMILES string of the molecule is CCC(C)(C)c1ccc(OCC(=O)Nc2cccc(NC(=O)CCc3ccccc3)c2)cc1. The molecule has 0 atom stereocenters. The van der Waals surface area contributed by atoms with Crippen molar-refractivity contribution in [3.05, 3.63) is 90.0 Å². The minimum Gasteiger partial charge on any atom is -0.484 e. The molecule has 0 fully saturated rings. The number of rotatable bonds is 10. The molecule has 0 aliphatic rings. The second-order valence-electron chi connectivity index (χ2n) is 8.71. The summed E-state index contributed by atoms with van der Waals surface area (Å²) >= 11 is 0. The van der Waals surface area contributed by atoms with Crippen LogP contribution in [0.5, 0.6) is 5.75 Å². The van der Waals surface area contributed by atoms with Gasteiger partial charge in [-0.15, -0.1) is 0 Å². The van der Waals surface area contributed by atoms with E-state index in [1.165, 1.54) is 5.56 Å². The zero-order valence-electron chi connectivity index (χ0n) is 19.6. The smallest absolute Gasteiger partial charge is 0.262 e. The van der Waals surface area contributed by atoms with Crippen LogP contribution in [0.3, 0.4) is 0 Å². The average Bonchev–Trinajstić information content (AvgIpc) is 2.82. The van der Waals surface area contributed by atoms with Crippen LogP contribution in [0.2, 0.25) is 0 Å². The fourth-order valence-electron chi connectivity index (χ4n) is 3.35. The summed E-state index contributed by atoms with van der Waals surface area (Å²) in [5.74, 6) is 0.320. The molecule has 0 heterocycles. The monoisotopic (exact) mass is 444 g/mol. The van der Waals surface area contributed by atoms with Crippen LogP contribution in [0.4, 0.5) is 11.4 Å². The van der Waals surface area contributed by atoms with Gasteiger partial charge in [0, 0.05) is 17.8 Å². The fourth-order valence-corrected chi connectivity index (χ4v) is 3.35. The zero-order valence-corrected chi connectivity index (χ0v) is 19.6. The molecule has 2 N–H and O–H groups in total. The minimum atomic E-state index is -0.263. The summed E-state index contributed by atoms with van der Waals surface area (Å²) in [5.41, 5.74) is 3.71. The number of hydrogen-bond donors (Lipinski definition) is 2. The first-order valence-corrected chi connectivity index (χ1v) is 11.3.